The summed E-state index contributed by atoms with van der Waals surface area (Å²) in [5, 5.41) is 10.9. The molecule has 0 atom stereocenters. The smallest absolute Gasteiger partial charge is 0.308 e. The summed E-state index contributed by atoms with van der Waals surface area (Å²) < 4.78 is 0. The highest BCUT2D eigenvalue weighted by molar-refractivity contribution is 7.14. The maximum absolute atomic E-state index is 12.1. The first-order chi connectivity index (χ1) is 12.7. The molecule has 0 aliphatic rings. The average molecular weight is 380 g/mol. The molecule has 26 heavy (non-hydrogen) atoms. The van der Waals surface area contributed by atoms with Crippen molar-refractivity contribution in [3.63, 3.8) is 0 Å². The van der Waals surface area contributed by atoms with Crippen LogP contribution in [0.4, 0.5) is 15.6 Å². The predicted octanol–water partition coefficient (Wildman–Crippen LogP) is 6.26. The zero-order valence-corrected chi connectivity index (χ0v) is 15.1. The summed E-state index contributed by atoms with van der Waals surface area (Å²) in [4.78, 5) is 16.6. The number of nitrogens with zero attached hydrogens (tertiary/aromatic N) is 1. The van der Waals surface area contributed by atoms with Crippen molar-refractivity contribution in [3.8, 4) is 11.3 Å². The highest BCUT2D eigenvalue weighted by Gasteiger charge is 2.09. The van der Waals surface area contributed by atoms with Crippen molar-refractivity contribution in [2.24, 2.45) is 0 Å². The zero-order chi connectivity index (χ0) is 17.9. The lowest BCUT2D eigenvalue weighted by molar-refractivity contribution is 0.262. The van der Waals surface area contributed by atoms with Gasteiger partial charge in [0.1, 0.15) is 0 Å². The zero-order valence-electron chi connectivity index (χ0n) is 13.6. The lowest BCUT2D eigenvalue weighted by Crippen LogP contribution is -2.19. The molecular weight excluding hydrogens is 366 g/mol. The Morgan fingerprint density at radius 3 is 2.50 bits per heavy atom. The summed E-state index contributed by atoms with van der Waals surface area (Å²) in [6.07, 6.45) is 0. The molecule has 0 unspecified atom stereocenters. The fourth-order valence-corrected chi connectivity index (χ4v) is 3.45. The SMILES string of the molecule is O=C(Nc1ccc(Cl)cc1)Nc1nc(-c2ccc3ccccc3c2)cs1. The third-order valence-electron chi connectivity index (χ3n) is 3.87. The molecule has 4 nitrogen and oxygen atoms in total. The minimum atomic E-state index is -0.341. The van der Waals surface area contributed by atoms with Gasteiger partial charge >= 0.3 is 6.03 Å². The molecule has 0 saturated carbocycles. The number of benzene rings is 3. The molecule has 0 aliphatic carbocycles. The summed E-state index contributed by atoms with van der Waals surface area (Å²) >= 11 is 7.23. The van der Waals surface area contributed by atoms with Gasteiger partial charge in [0, 0.05) is 21.7 Å². The second-order valence-electron chi connectivity index (χ2n) is 5.69. The van der Waals surface area contributed by atoms with Gasteiger partial charge in [0.05, 0.1) is 5.69 Å². The predicted molar refractivity (Wildman–Crippen MR) is 109 cm³/mol. The lowest BCUT2D eigenvalue weighted by atomic mass is 10.1. The second kappa shape index (κ2) is 7.15. The Morgan fingerprint density at radius 1 is 0.923 bits per heavy atom. The highest BCUT2D eigenvalue weighted by atomic mass is 35.5. The molecule has 2 N–H and O–H groups in total. The fraction of sp³-hybridized carbons (Fsp3) is 0. The Morgan fingerprint density at radius 2 is 1.69 bits per heavy atom. The van der Waals surface area contributed by atoms with E-state index in [-0.39, 0.29) is 6.03 Å². The number of thiazole rings is 1. The summed E-state index contributed by atoms with van der Waals surface area (Å²) in [5.41, 5.74) is 2.52. The number of urea groups is 1. The summed E-state index contributed by atoms with van der Waals surface area (Å²) in [6.45, 7) is 0. The van der Waals surface area contributed by atoms with E-state index < -0.39 is 0 Å². The Bertz CT molecular complexity index is 1080. The first-order valence-corrected chi connectivity index (χ1v) is 9.21. The van der Waals surface area contributed by atoms with Crippen molar-refractivity contribution in [1.29, 1.82) is 0 Å². The number of anilines is 2. The van der Waals surface area contributed by atoms with E-state index in [1.165, 1.54) is 16.7 Å². The normalized spacial score (nSPS) is 10.7. The Hall–Kier alpha value is -2.89. The molecule has 1 heterocycles. The monoisotopic (exact) mass is 379 g/mol. The van der Waals surface area contributed by atoms with Gasteiger partial charge in [-0.3, -0.25) is 5.32 Å². The summed E-state index contributed by atoms with van der Waals surface area (Å²) in [6, 6.07) is 21.0. The van der Waals surface area contributed by atoms with Crippen molar-refractivity contribution in [2.75, 3.05) is 10.6 Å². The van der Waals surface area contributed by atoms with Gasteiger partial charge in [0.2, 0.25) is 0 Å². The molecule has 4 aromatic rings. The van der Waals surface area contributed by atoms with Crippen molar-refractivity contribution < 1.29 is 4.79 Å². The molecule has 0 radical (unpaired) electrons. The number of rotatable bonds is 3. The molecule has 0 bridgehead atoms. The van der Waals surface area contributed by atoms with Crippen LogP contribution in [0.2, 0.25) is 5.02 Å². The van der Waals surface area contributed by atoms with Crippen molar-refractivity contribution >= 4 is 50.6 Å². The number of nitrogens with one attached hydrogen (secondary N) is 2. The van der Waals surface area contributed by atoms with E-state index in [9.17, 15) is 4.79 Å². The number of hydrogen-bond donors (Lipinski definition) is 2. The van der Waals surface area contributed by atoms with E-state index in [1.807, 2.05) is 23.6 Å². The maximum Gasteiger partial charge on any atom is 0.325 e. The number of halogens is 1. The topological polar surface area (TPSA) is 54.0 Å². The average Bonchev–Trinajstić information content (AvgIpc) is 3.11. The van der Waals surface area contributed by atoms with Gasteiger partial charge in [-0.2, -0.15) is 0 Å². The van der Waals surface area contributed by atoms with Crippen LogP contribution in [0.1, 0.15) is 0 Å². The summed E-state index contributed by atoms with van der Waals surface area (Å²) in [7, 11) is 0. The minimum absolute atomic E-state index is 0.341. The number of amides is 2. The third kappa shape index (κ3) is 3.69. The third-order valence-corrected chi connectivity index (χ3v) is 4.88. The van der Waals surface area contributed by atoms with Crippen LogP contribution in [-0.4, -0.2) is 11.0 Å². The van der Waals surface area contributed by atoms with E-state index in [1.54, 1.807) is 24.3 Å². The minimum Gasteiger partial charge on any atom is -0.308 e. The number of aromatic nitrogens is 1. The van der Waals surface area contributed by atoms with Gasteiger partial charge in [0.25, 0.3) is 0 Å². The quantitative estimate of drug-likeness (QED) is 0.441. The van der Waals surface area contributed by atoms with Crippen LogP contribution in [0.5, 0.6) is 0 Å². The summed E-state index contributed by atoms with van der Waals surface area (Å²) in [5.74, 6) is 0. The Kier molecular flexibility index (Phi) is 4.56. The van der Waals surface area contributed by atoms with Gasteiger partial charge in [-0.1, -0.05) is 48.0 Å². The Balaban J connectivity index is 1.48. The van der Waals surface area contributed by atoms with Crippen molar-refractivity contribution in [2.45, 2.75) is 0 Å². The van der Waals surface area contributed by atoms with E-state index >= 15 is 0 Å². The molecule has 4 rings (SSSR count). The van der Waals surface area contributed by atoms with E-state index in [2.05, 4.69) is 39.9 Å². The Labute approximate surface area is 159 Å². The molecule has 0 saturated heterocycles. The number of carbonyl (C=O) groups excluding carboxylic acids is 1. The van der Waals surface area contributed by atoms with Crippen LogP contribution in [0, 0.1) is 0 Å². The van der Waals surface area contributed by atoms with E-state index in [0.29, 0.717) is 15.8 Å². The van der Waals surface area contributed by atoms with E-state index in [0.717, 1.165) is 16.6 Å². The van der Waals surface area contributed by atoms with Crippen LogP contribution in [0.25, 0.3) is 22.0 Å². The molecule has 0 fully saturated rings. The molecule has 128 valence electrons. The van der Waals surface area contributed by atoms with Crippen LogP contribution >= 0.6 is 22.9 Å². The second-order valence-corrected chi connectivity index (χ2v) is 6.98. The number of hydrogen-bond acceptors (Lipinski definition) is 3. The van der Waals surface area contributed by atoms with Crippen LogP contribution in [0.15, 0.2) is 72.1 Å². The van der Waals surface area contributed by atoms with Gasteiger partial charge in [-0.05, 0) is 41.1 Å². The van der Waals surface area contributed by atoms with Crippen molar-refractivity contribution in [1.82, 2.24) is 4.98 Å². The fourth-order valence-electron chi connectivity index (χ4n) is 2.61. The number of carbonyl (C=O) groups is 1. The molecule has 0 spiro atoms. The van der Waals surface area contributed by atoms with Crippen LogP contribution in [0.3, 0.4) is 0 Å². The molecule has 2 amide bonds. The van der Waals surface area contributed by atoms with Crippen LogP contribution < -0.4 is 10.6 Å². The number of fused-ring (bicyclic) bond motifs is 1. The molecule has 1 aromatic heterocycles. The van der Waals surface area contributed by atoms with Crippen molar-refractivity contribution in [3.05, 3.63) is 77.1 Å². The molecule has 6 heteroatoms. The van der Waals surface area contributed by atoms with Crippen LogP contribution in [-0.2, 0) is 0 Å². The molecular formula is C20H14ClN3OS. The molecule has 3 aromatic carbocycles. The first kappa shape index (κ1) is 16.6. The van der Waals surface area contributed by atoms with Gasteiger partial charge < -0.3 is 5.32 Å². The lowest BCUT2D eigenvalue weighted by Gasteiger charge is -2.05. The largest absolute Gasteiger partial charge is 0.325 e. The first-order valence-electron chi connectivity index (χ1n) is 7.96. The maximum atomic E-state index is 12.1. The molecule has 0 aliphatic heterocycles. The standard InChI is InChI=1S/C20H14ClN3OS/c21-16-7-9-17(10-8-16)22-19(25)24-20-23-18(12-26-20)15-6-5-13-3-1-2-4-14(13)11-15/h1-12H,(H2,22,23,24,25). The van der Waals surface area contributed by atoms with Gasteiger partial charge in [0.15, 0.2) is 5.13 Å². The van der Waals surface area contributed by atoms with Gasteiger partial charge in [-0.25, -0.2) is 9.78 Å². The highest BCUT2D eigenvalue weighted by Crippen LogP contribution is 2.27. The van der Waals surface area contributed by atoms with Gasteiger partial charge in [-0.15, -0.1) is 11.3 Å². The van der Waals surface area contributed by atoms with E-state index in [4.69, 9.17) is 11.6 Å².